The lowest BCUT2D eigenvalue weighted by molar-refractivity contribution is 0.0301. The van der Waals surface area contributed by atoms with Gasteiger partial charge in [0.05, 0.1) is 26.0 Å². The number of benzene rings is 2. The van der Waals surface area contributed by atoms with Crippen LogP contribution in [0.2, 0.25) is 0 Å². The monoisotopic (exact) mass is 449 g/mol. The van der Waals surface area contributed by atoms with E-state index in [9.17, 15) is 0 Å². The fourth-order valence-corrected chi connectivity index (χ4v) is 5.27. The maximum absolute atomic E-state index is 6.21. The summed E-state index contributed by atoms with van der Waals surface area (Å²) in [5.74, 6) is 2.49. The third kappa shape index (κ3) is 4.93. The van der Waals surface area contributed by atoms with E-state index in [1.807, 2.05) is 19.1 Å². The Balaban J connectivity index is 1.33. The Morgan fingerprint density at radius 3 is 2.67 bits per heavy atom. The number of likely N-dealkylation sites (tertiary alicyclic amines) is 1. The number of aryl methyl sites for hydroxylation is 1. The minimum absolute atomic E-state index is 0.614. The summed E-state index contributed by atoms with van der Waals surface area (Å²) in [4.78, 5) is 10.2. The Kier molecular flexibility index (Phi) is 6.95. The molecular weight excluding hydrogens is 414 g/mol. The van der Waals surface area contributed by atoms with E-state index < -0.39 is 0 Å². The summed E-state index contributed by atoms with van der Waals surface area (Å²) in [6.07, 6.45) is 5.08. The van der Waals surface area contributed by atoms with Crippen LogP contribution in [-0.2, 0) is 11.3 Å². The summed E-state index contributed by atoms with van der Waals surface area (Å²) in [6.45, 7) is 9.07. The number of methoxy groups -OCH3 is 1. The molecule has 0 bridgehead atoms. The van der Waals surface area contributed by atoms with Gasteiger partial charge in [-0.05, 0) is 56.8 Å². The molecule has 2 aromatic carbocycles. The van der Waals surface area contributed by atoms with Crippen LogP contribution in [0, 0.1) is 6.92 Å². The van der Waals surface area contributed by atoms with E-state index in [2.05, 4.69) is 34.1 Å². The zero-order valence-corrected chi connectivity index (χ0v) is 19.9. The minimum Gasteiger partial charge on any atom is -0.496 e. The van der Waals surface area contributed by atoms with E-state index in [1.165, 1.54) is 25.7 Å². The van der Waals surface area contributed by atoms with Gasteiger partial charge in [0.2, 0.25) is 5.89 Å². The van der Waals surface area contributed by atoms with Crippen molar-refractivity contribution < 1.29 is 13.9 Å². The van der Waals surface area contributed by atoms with Gasteiger partial charge in [-0.1, -0.05) is 30.7 Å². The van der Waals surface area contributed by atoms with Crippen LogP contribution in [0.4, 0.5) is 0 Å². The van der Waals surface area contributed by atoms with Crippen molar-refractivity contribution in [3.8, 4) is 17.2 Å². The summed E-state index contributed by atoms with van der Waals surface area (Å²) in [5, 5.41) is 2.18. The van der Waals surface area contributed by atoms with Crippen LogP contribution < -0.4 is 4.74 Å². The molecule has 2 aliphatic rings. The summed E-state index contributed by atoms with van der Waals surface area (Å²) >= 11 is 0. The number of hydrogen-bond acceptors (Lipinski definition) is 6. The molecule has 1 aromatic heterocycles. The highest BCUT2D eigenvalue weighted by atomic mass is 16.5. The van der Waals surface area contributed by atoms with Crippen molar-refractivity contribution in [1.29, 1.82) is 0 Å². The van der Waals surface area contributed by atoms with Crippen molar-refractivity contribution in [2.75, 3.05) is 46.5 Å². The smallest absolute Gasteiger partial charge is 0.227 e. The van der Waals surface area contributed by atoms with Crippen LogP contribution in [0.1, 0.15) is 37.1 Å². The van der Waals surface area contributed by atoms with Gasteiger partial charge in [0.15, 0.2) is 0 Å². The van der Waals surface area contributed by atoms with Crippen molar-refractivity contribution in [3.05, 3.63) is 47.9 Å². The Labute approximate surface area is 196 Å². The van der Waals surface area contributed by atoms with E-state index in [0.717, 1.165) is 79.5 Å². The molecule has 176 valence electrons. The first kappa shape index (κ1) is 22.4. The van der Waals surface area contributed by atoms with Gasteiger partial charge < -0.3 is 13.9 Å². The lowest BCUT2D eigenvalue weighted by Gasteiger charge is -2.37. The topological polar surface area (TPSA) is 51.0 Å². The van der Waals surface area contributed by atoms with Crippen LogP contribution in [0.25, 0.3) is 22.2 Å². The highest BCUT2D eigenvalue weighted by Crippen LogP contribution is 2.35. The van der Waals surface area contributed by atoms with Gasteiger partial charge in [0, 0.05) is 36.6 Å². The van der Waals surface area contributed by atoms with Gasteiger partial charge in [-0.15, -0.1) is 0 Å². The molecule has 5 rings (SSSR count). The number of morpholine rings is 1. The standard InChI is InChI=1S/C27H35N3O3/c1-20-25(19-30-13-6-5-7-21(30)12-14-29-15-17-32-18-16-29)28-27(33-20)24-10-11-26(31-2)23-9-4-3-8-22(23)24/h3-4,8-11,21H,5-7,12-19H2,1-2H3. The molecule has 1 atom stereocenters. The lowest BCUT2D eigenvalue weighted by Crippen LogP contribution is -2.43. The number of piperidine rings is 1. The number of fused-ring (bicyclic) bond motifs is 1. The van der Waals surface area contributed by atoms with E-state index in [0.29, 0.717) is 11.9 Å². The number of aromatic nitrogens is 1. The minimum atomic E-state index is 0.614. The zero-order chi connectivity index (χ0) is 22.6. The molecule has 0 aliphatic carbocycles. The molecule has 0 radical (unpaired) electrons. The van der Waals surface area contributed by atoms with Crippen molar-refractivity contribution >= 4 is 10.8 Å². The summed E-state index contributed by atoms with van der Waals surface area (Å²) < 4.78 is 17.3. The maximum Gasteiger partial charge on any atom is 0.227 e. The molecule has 2 fully saturated rings. The first-order chi connectivity index (χ1) is 16.2. The Morgan fingerprint density at radius 2 is 1.85 bits per heavy atom. The molecule has 0 N–H and O–H groups in total. The number of oxazole rings is 1. The highest BCUT2D eigenvalue weighted by Gasteiger charge is 2.26. The second kappa shape index (κ2) is 10.2. The fourth-order valence-electron chi connectivity index (χ4n) is 5.27. The Morgan fingerprint density at radius 1 is 1.03 bits per heavy atom. The van der Waals surface area contributed by atoms with E-state index >= 15 is 0 Å². The Hall–Kier alpha value is -2.41. The lowest BCUT2D eigenvalue weighted by atomic mass is 9.98. The molecule has 6 nitrogen and oxygen atoms in total. The summed E-state index contributed by atoms with van der Waals surface area (Å²) in [5.41, 5.74) is 2.08. The van der Waals surface area contributed by atoms with Crippen molar-refractivity contribution in [3.63, 3.8) is 0 Å². The van der Waals surface area contributed by atoms with E-state index in [-0.39, 0.29) is 0 Å². The second-order valence-corrected chi connectivity index (χ2v) is 9.25. The SMILES string of the molecule is COc1ccc(-c2nc(CN3CCCCC3CCN3CCOCC3)c(C)o2)c2ccccc12. The molecular formula is C27H35N3O3. The van der Waals surface area contributed by atoms with Crippen LogP contribution in [-0.4, -0.2) is 67.3 Å². The van der Waals surface area contributed by atoms with Crippen LogP contribution in [0.5, 0.6) is 5.75 Å². The summed E-state index contributed by atoms with van der Waals surface area (Å²) in [7, 11) is 1.71. The van der Waals surface area contributed by atoms with E-state index in [1.54, 1.807) is 7.11 Å². The van der Waals surface area contributed by atoms with Gasteiger partial charge >= 0.3 is 0 Å². The quantitative estimate of drug-likeness (QED) is 0.512. The van der Waals surface area contributed by atoms with Crippen molar-refractivity contribution in [2.24, 2.45) is 0 Å². The molecule has 6 heteroatoms. The zero-order valence-electron chi connectivity index (χ0n) is 19.9. The molecule has 2 saturated heterocycles. The third-order valence-corrected chi connectivity index (χ3v) is 7.21. The number of hydrogen-bond donors (Lipinski definition) is 0. The fraction of sp³-hybridized carbons (Fsp3) is 0.519. The maximum atomic E-state index is 6.21. The molecule has 3 aromatic rings. The average molecular weight is 450 g/mol. The first-order valence-electron chi connectivity index (χ1n) is 12.3. The van der Waals surface area contributed by atoms with Gasteiger partial charge in [-0.25, -0.2) is 4.98 Å². The van der Waals surface area contributed by atoms with Gasteiger partial charge in [-0.3, -0.25) is 9.80 Å². The predicted octanol–water partition coefficient (Wildman–Crippen LogP) is 4.89. The van der Waals surface area contributed by atoms with Crippen LogP contribution >= 0.6 is 0 Å². The van der Waals surface area contributed by atoms with Gasteiger partial charge in [0.1, 0.15) is 11.5 Å². The van der Waals surface area contributed by atoms with Crippen molar-refractivity contribution in [2.45, 2.75) is 45.2 Å². The van der Waals surface area contributed by atoms with Crippen LogP contribution in [0.3, 0.4) is 0 Å². The molecule has 2 aliphatic heterocycles. The summed E-state index contributed by atoms with van der Waals surface area (Å²) in [6, 6.07) is 13.0. The Bertz CT molecular complexity index is 1070. The normalized spacial score (nSPS) is 20.4. The molecule has 1 unspecified atom stereocenters. The number of nitrogens with zero attached hydrogens (tertiary/aromatic N) is 3. The average Bonchev–Trinajstić information content (AvgIpc) is 3.23. The van der Waals surface area contributed by atoms with Gasteiger partial charge in [0.25, 0.3) is 0 Å². The number of rotatable bonds is 7. The predicted molar refractivity (Wildman–Crippen MR) is 131 cm³/mol. The highest BCUT2D eigenvalue weighted by molar-refractivity contribution is 5.98. The largest absolute Gasteiger partial charge is 0.496 e. The molecule has 3 heterocycles. The number of ether oxygens (including phenoxy) is 2. The van der Waals surface area contributed by atoms with Crippen LogP contribution in [0.15, 0.2) is 40.8 Å². The third-order valence-electron chi connectivity index (χ3n) is 7.21. The molecule has 0 saturated carbocycles. The van der Waals surface area contributed by atoms with E-state index in [4.69, 9.17) is 18.9 Å². The van der Waals surface area contributed by atoms with Crippen molar-refractivity contribution in [1.82, 2.24) is 14.8 Å². The second-order valence-electron chi connectivity index (χ2n) is 9.25. The molecule has 0 amide bonds. The molecule has 33 heavy (non-hydrogen) atoms. The van der Waals surface area contributed by atoms with Gasteiger partial charge in [-0.2, -0.15) is 0 Å². The first-order valence-corrected chi connectivity index (χ1v) is 12.3. The molecule has 0 spiro atoms.